The Morgan fingerprint density at radius 1 is 0.935 bits per heavy atom. The highest BCUT2D eigenvalue weighted by Crippen LogP contribution is 2.32. The van der Waals surface area contributed by atoms with Crippen molar-refractivity contribution in [3.63, 3.8) is 0 Å². The van der Waals surface area contributed by atoms with Crippen molar-refractivity contribution in [3.8, 4) is 5.75 Å². The molecule has 1 fully saturated rings. The van der Waals surface area contributed by atoms with Gasteiger partial charge in [-0.3, -0.25) is 4.90 Å². The lowest BCUT2D eigenvalue weighted by molar-refractivity contribution is 0.199. The van der Waals surface area contributed by atoms with E-state index in [9.17, 15) is 4.79 Å². The zero-order chi connectivity index (χ0) is 21.6. The number of nitrogens with zero attached hydrogens (tertiary/aromatic N) is 2. The van der Waals surface area contributed by atoms with Crippen LogP contribution in [0, 0.1) is 0 Å². The third kappa shape index (κ3) is 5.42. The molecule has 0 aliphatic carbocycles. The second kappa shape index (κ2) is 10.2. The van der Waals surface area contributed by atoms with Gasteiger partial charge in [0.1, 0.15) is 5.75 Å². The van der Waals surface area contributed by atoms with E-state index in [1.54, 1.807) is 0 Å². The number of amides is 1. The first-order valence-corrected chi connectivity index (χ1v) is 11.2. The quantitative estimate of drug-likeness (QED) is 0.500. The van der Waals surface area contributed by atoms with Crippen LogP contribution in [-0.4, -0.2) is 50.3 Å². The van der Waals surface area contributed by atoms with Gasteiger partial charge in [0, 0.05) is 38.1 Å². The van der Waals surface area contributed by atoms with Crippen LogP contribution in [0.4, 0.5) is 10.5 Å². The molecule has 1 amide bonds. The second-order valence-corrected chi connectivity index (χ2v) is 8.33. The highest BCUT2D eigenvalue weighted by Gasteiger charge is 2.19. The Kier molecular flexibility index (Phi) is 7.17. The zero-order valence-electron chi connectivity index (χ0n) is 17.2. The first-order chi connectivity index (χ1) is 15.1. The fourth-order valence-corrected chi connectivity index (χ4v) is 4.28. The number of fused-ring (bicyclic) bond motifs is 1. The Balaban J connectivity index is 1.18. The summed E-state index contributed by atoms with van der Waals surface area (Å²) in [6, 6.07) is 19.3. The molecule has 1 aliphatic rings. The van der Waals surface area contributed by atoms with Gasteiger partial charge in [0.05, 0.1) is 15.7 Å². The van der Waals surface area contributed by atoms with Gasteiger partial charge in [0.2, 0.25) is 0 Å². The fourth-order valence-electron chi connectivity index (χ4n) is 3.86. The van der Waals surface area contributed by atoms with Gasteiger partial charge in [-0.2, -0.15) is 0 Å². The number of halogens is 2. The molecule has 4 rings (SSSR count). The number of ether oxygens (including phenoxy) is 1. The summed E-state index contributed by atoms with van der Waals surface area (Å²) in [7, 11) is 0. The molecular formula is C24H25Cl2N3O2. The predicted octanol–water partition coefficient (Wildman–Crippen LogP) is 5.45. The molecule has 1 saturated heterocycles. The molecule has 3 aromatic carbocycles. The summed E-state index contributed by atoms with van der Waals surface area (Å²) >= 11 is 12.5. The van der Waals surface area contributed by atoms with E-state index in [1.807, 2.05) is 60.7 Å². The summed E-state index contributed by atoms with van der Waals surface area (Å²) in [5.74, 6) is 0.575. The number of carbonyl (C=O) groups is 1. The Labute approximate surface area is 192 Å². The lowest BCUT2D eigenvalue weighted by atomic mass is 10.1. The number of hydrogen-bond acceptors (Lipinski definition) is 4. The van der Waals surface area contributed by atoms with Crippen LogP contribution >= 0.6 is 23.2 Å². The maximum absolute atomic E-state index is 12.2. The second-order valence-electron chi connectivity index (χ2n) is 7.55. The van der Waals surface area contributed by atoms with Crippen molar-refractivity contribution in [3.05, 3.63) is 70.7 Å². The molecule has 0 unspecified atom stereocenters. The van der Waals surface area contributed by atoms with Crippen molar-refractivity contribution in [2.24, 2.45) is 0 Å². The highest BCUT2D eigenvalue weighted by atomic mass is 35.5. The Bertz CT molecular complexity index is 1050. The maximum atomic E-state index is 12.2. The molecule has 0 spiro atoms. The van der Waals surface area contributed by atoms with E-state index in [-0.39, 0.29) is 0 Å². The van der Waals surface area contributed by atoms with Crippen molar-refractivity contribution in [1.29, 1.82) is 0 Å². The van der Waals surface area contributed by atoms with Gasteiger partial charge in [-0.05, 0) is 36.6 Å². The van der Waals surface area contributed by atoms with Gasteiger partial charge in [-0.15, -0.1) is 0 Å². The van der Waals surface area contributed by atoms with Crippen LogP contribution in [0.2, 0.25) is 10.0 Å². The van der Waals surface area contributed by atoms with E-state index in [2.05, 4.69) is 15.1 Å². The molecule has 0 atom stereocenters. The summed E-state index contributed by atoms with van der Waals surface area (Å²) in [4.78, 5) is 16.9. The van der Waals surface area contributed by atoms with Crippen LogP contribution in [-0.2, 0) is 0 Å². The average Bonchev–Trinajstić information content (AvgIpc) is 2.79. The molecule has 3 aromatic rings. The van der Waals surface area contributed by atoms with Crippen LogP contribution < -0.4 is 15.0 Å². The van der Waals surface area contributed by atoms with Crippen LogP contribution in [0.15, 0.2) is 60.7 Å². The van der Waals surface area contributed by atoms with Gasteiger partial charge >= 0.3 is 6.09 Å². The van der Waals surface area contributed by atoms with Gasteiger partial charge in [-0.25, -0.2) is 4.79 Å². The van der Waals surface area contributed by atoms with E-state index in [4.69, 9.17) is 27.9 Å². The van der Waals surface area contributed by atoms with Crippen LogP contribution in [0.1, 0.15) is 6.42 Å². The molecule has 0 bridgehead atoms. The first kappa shape index (κ1) is 21.8. The first-order valence-electron chi connectivity index (χ1n) is 10.5. The molecule has 7 heteroatoms. The standard InChI is InChI=1S/C24H25Cl2N3O2/c25-20-9-4-10-21(23(20)26)29-16-14-28(15-17-29)13-5-12-27-24(30)31-22-11-3-7-18-6-1-2-8-19(18)22/h1-4,6-11H,5,12-17H2,(H,27,30). The molecule has 1 aliphatic heterocycles. The summed E-state index contributed by atoms with van der Waals surface area (Å²) in [5, 5.41) is 6.03. The third-order valence-corrected chi connectivity index (χ3v) is 6.33. The number of rotatable bonds is 6. The predicted molar refractivity (Wildman–Crippen MR) is 128 cm³/mol. The van der Waals surface area contributed by atoms with Crippen molar-refractivity contribution in [2.75, 3.05) is 44.2 Å². The highest BCUT2D eigenvalue weighted by molar-refractivity contribution is 6.43. The number of benzene rings is 3. The molecule has 5 nitrogen and oxygen atoms in total. The van der Waals surface area contributed by atoms with Crippen molar-refractivity contribution >= 4 is 45.8 Å². The summed E-state index contributed by atoms with van der Waals surface area (Å²) in [6.07, 6.45) is 0.444. The zero-order valence-corrected chi connectivity index (χ0v) is 18.7. The molecule has 1 N–H and O–H groups in total. The van der Waals surface area contributed by atoms with Crippen molar-refractivity contribution in [1.82, 2.24) is 10.2 Å². The van der Waals surface area contributed by atoms with Gasteiger partial charge in [-0.1, -0.05) is 65.7 Å². The Morgan fingerprint density at radius 3 is 2.52 bits per heavy atom. The normalized spacial score (nSPS) is 14.6. The van der Waals surface area contributed by atoms with E-state index >= 15 is 0 Å². The van der Waals surface area contributed by atoms with Crippen LogP contribution in [0.25, 0.3) is 10.8 Å². The van der Waals surface area contributed by atoms with E-state index in [0.29, 0.717) is 22.3 Å². The van der Waals surface area contributed by atoms with E-state index < -0.39 is 6.09 Å². The topological polar surface area (TPSA) is 44.8 Å². The van der Waals surface area contributed by atoms with Gasteiger partial charge in [0.25, 0.3) is 0 Å². The monoisotopic (exact) mass is 457 g/mol. The lowest BCUT2D eigenvalue weighted by Crippen LogP contribution is -2.47. The molecule has 1 heterocycles. The van der Waals surface area contributed by atoms with Gasteiger partial charge < -0.3 is 15.0 Å². The number of piperazine rings is 1. The summed E-state index contributed by atoms with van der Waals surface area (Å²) in [6.45, 7) is 5.19. The number of carbonyl (C=O) groups excluding carboxylic acids is 1. The maximum Gasteiger partial charge on any atom is 0.412 e. The number of nitrogens with one attached hydrogen (secondary N) is 1. The van der Waals surface area contributed by atoms with Crippen molar-refractivity contribution in [2.45, 2.75) is 6.42 Å². The Morgan fingerprint density at radius 2 is 1.68 bits per heavy atom. The third-order valence-electron chi connectivity index (χ3n) is 5.52. The van der Waals surface area contributed by atoms with Crippen molar-refractivity contribution < 1.29 is 9.53 Å². The SMILES string of the molecule is O=C(NCCCN1CCN(c2cccc(Cl)c2Cl)CC1)Oc1cccc2ccccc12. The Hall–Kier alpha value is -2.47. The lowest BCUT2D eigenvalue weighted by Gasteiger charge is -2.36. The summed E-state index contributed by atoms with van der Waals surface area (Å²) < 4.78 is 5.51. The minimum absolute atomic E-state index is 0.420. The molecule has 0 radical (unpaired) electrons. The average molecular weight is 458 g/mol. The number of hydrogen-bond donors (Lipinski definition) is 1. The van der Waals surface area contributed by atoms with E-state index in [0.717, 1.165) is 55.6 Å². The van der Waals surface area contributed by atoms with Crippen LogP contribution in [0.5, 0.6) is 5.75 Å². The molecule has 162 valence electrons. The molecule has 31 heavy (non-hydrogen) atoms. The molecule has 0 saturated carbocycles. The number of anilines is 1. The minimum Gasteiger partial charge on any atom is -0.410 e. The largest absolute Gasteiger partial charge is 0.412 e. The minimum atomic E-state index is -0.420. The van der Waals surface area contributed by atoms with E-state index in [1.165, 1.54) is 0 Å². The summed E-state index contributed by atoms with van der Waals surface area (Å²) in [5.41, 5.74) is 0.992. The fraction of sp³-hybridized carbons (Fsp3) is 0.292. The smallest absolute Gasteiger partial charge is 0.410 e. The van der Waals surface area contributed by atoms with Crippen LogP contribution in [0.3, 0.4) is 0 Å². The molecular weight excluding hydrogens is 433 g/mol. The molecule has 0 aromatic heterocycles. The van der Waals surface area contributed by atoms with Gasteiger partial charge in [0.15, 0.2) is 0 Å².